The highest BCUT2D eigenvalue weighted by molar-refractivity contribution is 7.10. The van der Waals surface area contributed by atoms with Gasteiger partial charge >= 0.3 is 0 Å². The fourth-order valence-corrected chi connectivity index (χ4v) is 3.20. The number of rotatable bonds is 5. The first-order valence-corrected chi connectivity index (χ1v) is 6.97. The molecule has 1 aromatic heterocycles. The van der Waals surface area contributed by atoms with Gasteiger partial charge in [-0.2, -0.15) is 0 Å². The number of para-hydroxylation sites is 1. The summed E-state index contributed by atoms with van der Waals surface area (Å²) in [5.74, 6) is 0.965. The van der Waals surface area contributed by atoms with Gasteiger partial charge in [-0.25, -0.2) is 0 Å². The van der Waals surface area contributed by atoms with Crippen molar-refractivity contribution in [2.24, 2.45) is 0 Å². The third-order valence-corrected chi connectivity index (χ3v) is 4.32. The molecule has 0 amide bonds. The lowest BCUT2D eigenvalue weighted by molar-refractivity contribution is 0.406. The van der Waals surface area contributed by atoms with Gasteiger partial charge in [-0.05, 0) is 49.0 Å². The van der Waals surface area contributed by atoms with Gasteiger partial charge in [0.05, 0.1) is 7.11 Å². The van der Waals surface area contributed by atoms with Crippen LogP contribution in [0, 0.1) is 6.92 Å². The highest BCUT2D eigenvalue weighted by Gasteiger charge is 2.15. The van der Waals surface area contributed by atoms with E-state index in [-0.39, 0.29) is 0 Å². The summed E-state index contributed by atoms with van der Waals surface area (Å²) in [6.45, 7) is 2.17. The first-order valence-electron chi connectivity index (χ1n) is 6.09. The molecule has 18 heavy (non-hydrogen) atoms. The number of methoxy groups -OCH3 is 1. The van der Waals surface area contributed by atoms with Gasteiger partial charge < -0.3 is 10.1 Å². The molecular weight excluding hydrogens is 242 g/mol. The van der Waals surface area contributed by atoms with Crippen LogP contribution >= 0.6 is 11.3 Å². The van der Waals surface area contributed by atoms with Gasteiger partial charge in [-0.1, -0.05) is 18.2 Å². The molecule has 1 N–H and O–H groups in total. The van der Waals surface area contributed by atoms with Crippen molar-refractivity contribution < 1.29 is 4.74 Å². The summed E-state index contributed by atoms with van der Waals surface area (Å²) in [5.41, 5.74) is 2.60. The lowest BCUT2D eigenvalue weighted by Gasteiger charge is -2.17. The van der Waals surface area contributed by atoms with Crippen molar-refractivity contribution in [3.63, 3.8) is 0 Å². The molecule has 0 saturated carbocycles. The second kappa shape index (κ2) is 6.03. The molecule has 0 aliphatic heterocycles. The lowest BCUT2D eigenvalue weighted by Crippen LogP contribution is -2.18. The Labute approximate surface area is 113 Å². The van der Waals surface area contributed by atoms with Crippen LogP contribution in [0.1, 0.15) is 22.0 Å². The van der Waals surface area contributed by atoms with Crippen molar-refractivity contribution in [3.8, 4) is 5.75 Å². The van der Waals surface area contributed by atoms with Crippen LogP contribution in [0.4, 0.5) is 0 Å². The predicted molar refractivity (Wildman–Crippen MR) is 77.6 cm³/mol. The van der Waals surface area contributed by atoms with Crippen molar-refractivity contribution in [2.75, 3.05) is 14.2 Å². The molecular formula is C15H19NOS. The molecule has 0 aliphatic carbocycles. The molecule has 0 saturated heterocycles. The van der Waals surface area contributed by atoms with E-state index in [0.717, 1.165) is 12.2 Å². The normalized spacial score (nSPS) is 12.4. The zero-order valence-corrected chi connectivity index (χ0v) is 11.9. The third-order valence-electron chi connectivity index (χ3n) is 3.18. The van der Waals surface area contributed by atoms with E-state index in [1.165, 1.54) is 16.0 Å². The Hall–Kier alpha value is -1.32. The number of nitrogens with one attached hydrogen (secondary N) is 1. The molecule has 1 atom stereocenters. The fourth-order valence-electron chi connectivity index (χ4n) is 2.16. The summed E-state index contributed by atoms with van der Waals surface area (Å²) in [6.07, 6.45) is 0.946. The summed E-state index contributed by atoms with van der Waals surface area (Å²) in [6, 6.07) is 10.7. The van der Waals surface area contributed by atoms with Crippen LogP contribution < -0.4 is 10.1 Å². The second-order valence-corrected chi connectivity index (χ2v) is 5.27. The Bertz CT molecular complexity index is 507. The number of likely N-dealkylation sites (N-methyl/N-ethyl adjacent to an activating group) is 1. The maximum absolute atomic E-state index is 5.41. The largest absolute Gasteiger partial charge is 0.496 e. The Kier molecular flexibility index (Phi) is 4.39. The average Bonchev–Trinajstić information content (AvgIpc) is 2.82. The lowest BCUT2D eigenvalue weighted by atomic mass is 10.0. The molecule has 1 heterocycles. The maximum atomic E-state index is 5.41. The van der Waals surface area contributed by atoms with Gasteiger partial charge in [0.2, 0.25) is 0 Å². The topological polar surface area (TPSA) is 21.3 Å². The fraction of sp³-hybridized carbons (Fsp3) is 0.333. The van der Waals surface area contributed by atoms with Crippen LogP contribution in [0.15, 0.2) is 35.7 Å². The molecule has 0 radical (unpaired) electrons. The van der Waals surface area contributed by atoms with Crippen LogP contribution in [-0.4, -0.2) is 14.2 Å². The van der Waals surface area contributed by atoms with Crippen molar-refractivity contribution in [2.45, 2.75) is 19.4 Å². The number of hydrogen-bond acceptors (Lipinski definition) is 3. The minimum atomic E-state index is 0.348. The van der Waals surface area contributed by atoms with Gasteiger partial charge in [-0.3, -0.25) is 0 Å². The van der Waals surface area contributed by atoms with E-state index < -0.39 is 0 Å². The molecule has 0 bridgehead atoms. The van der Waals surface area contributed by atoms with Crippen molar-refractivity contribution in [1.82, 2.24) is 5.32 Å². The third kappa shape index (κ3) is 2.74. The number of thiophene rings is 1. The Morgan fingerprint density at radius 1 is 1.28 bits per heavy atom. The Balaban J connectivity index is 2.23. The van der Waals surface area contributed by atoms with Crippen LogP contribution in [0.2, 0.25) is 0 Å². The number of ether oxygens (including phenoxy) is 1. The molecule has 0 spiro atoms. The molecule has 0 fully saturated rings. The number of aryl methyl sites for hydroxylation is 1. The standard InChI is InChI=1S/C15H19NOS/c1-11-8-9-18-15(11)13(16-2)10-12-6-4-5-7-14(12)17-3/h4-9,13,16H,10H2,1-3H3. The SMILES string of the molecule is CNC(Cc1ccccc1OC)c1sccc1C. The smallest absolute Gasteiger partial charge is 0.122 e. The first kappa shape index (κ1) is 13.1. The quantitative estimate of drug-likeness (QED) is 0.888. The van der Waals surface area contributed by atoms with Gasteiger partial charge in [0, 0.05) is 10.9 Å². The Morgan fingerprint density at radius 2 is 2.06 bits per heavy atom. The summed E-state index contributed by atoms with van der Waals surface area (Å²) in [4.78, 5) is 1.41. The van der Waals surface area contributed by atoms with Gasteiger partial charge in [0.1, 0.15) is 5.75 Å². The highest BCUT2D eigenvalue weighted by atomic mass is 32.1. The summed E-state index contributed by atoms with van der Waals surface area (Å²) < 4.78 is 5.41. The van der Waals surface area contributed by atoms with Gasteiger partial charge in [0.15, 0.2) is 0 Å². The summed E-state index contributed by atoms with van der Waals surface area (Å²) in [7, 11) is 3.74. The summed E-state index contributed by atoms with van der Waals surface area (Å²) >= 11 is 1.81. The molecule has 0 aliphatic rings. The van der Waals surface area contributed by atoms with E-state index in [4.69, 9.17) is 4.74 Å². The van der Waals surface area contributed by atoms with Crippen molar-refractivity contribution in [1.29, 1.82) is 0 Å². The Morgan fingerprint density at radius 3 is 2.67 bits per heavy atom. The molecule has 2 nitrogen and oxygen atoms in total. The summed E-state index contributed by atoms with van der Waals surface area (Å²) in [5, 5.41) is 5.55. The van der Waals surface area contributed by atoms with E-state index in [9.17, 15) is 0 Å². The minimum absolute atomic E-state index is 0.348. The van der Waals surface area contributed by atoms with Crippen LogP contribution in [0.5, 0.6) is 5.75 Å². The zero-order chi connectivity index (χ0) is 13.0. The van der Waals surface area contributed by atoms with Crippen molar-refractivity contribution >= 4 is 11.3 Å². The maximum Gasteiger partial charge on any atom is 0.122 e. The number of hydrogen-bond donors (Lipinski definition) is 1. The van der Waals surface area contributed by atoms with E-state index in [1.54, 1.807) is 7.11 Å². The molecule has 96 valence electrons. The first-order chi connectivity index (χ1) is 8.76. The average molecular weight is 261 g/mol. The minimum Gasteiger partial charge on any atom is -0.496 e. The van der Waals surface area contributed by atoms with Crippen LogP contribution in [-0.2, 0) is 6.42 Å². The van der Waals surface area contributed by atoms with Gasteiger partial charge in [-0.15, -0.1) is 11.3 Å². The molecule has 1 aromatic carbocycles. The predicted octanol–water partition coefficient (Wildman–Crippen LogP) is 3.57. The van der Waals surface area contributed by atoms with E-state index in [2.05, 4.69) is 35.8 Å². The second-order valence-electron chi connectivity index (χ2n) is 4.33. The van der Waals surface area contributed by atoms with Gasteiger partial charge in [0.25, 0.3) is 0 Å². The monoisotopic (exact) mass is 261 g/mol. The van der Waals surface area contributed by atoms with Crippen LogP contribution in [0.3, 0.4) is 0 Å². The molecule has 2 aromatic rings. The van der Waals surface area contributed by atoms with E-state index in [1.807, 2.05) is 30.5 Å². The van der Waals surface area contributed by atoms with Crippen LogP contribution in [0.25, 0.3) is 0 Å². The highest BCUT2D eigenvalue weighted by Crippen LogP contribution is 2.29. The molecule has 1 unspecified atom stereocenters. The van der Waals surface area contributed by atoms with E-state index >= 15 is 0 Å². The van der Waals surface area contributed by atoms with Crippen molar-refractivity contribution in [3.05, 3.63) is 51.7 Å². The molecule has 2 rings (SSSR count). The number of benzene rings is 1. The molecule has 3 heteroatoms. The van der Waals surface area contributed by atoms with E-state index in [0.29, 0.717) is 6.04 Å². The zero-order valence-electron chi connectivity index (χ0n) is 11.1.